The Bertz CT molecular complexity index is 2250. The molecule has 0 spiro atoms. The van der Waals surface area contributed by atoms with Gasteiger partial charge in [-0.05, 0) is 137 Å². The molecule has 1 heterocycles. The summed E-state index contributed by atoms with van der Waals surface area (Å²) in [5, 5.41) is 0.858. The van der Waals surface area contributed by atoms with E-state index in [1.807, 2.05) is 31.2 Å². The standard InChI is InChI=1S/C49H52N2O10S/c1-4-41(47-51-42-17-11-12-18-44(42)62-47)50-34-37-33-40(60-48(54)35-19-23-38(24-20-35)56-29-13-7-9-15-31-58-45(52)5-2)27-28-43(37)61-49(55)36-21-25-39(26-22-36)57-30-14-8-10-16-32-59-46(53)6-3/h5-6,11-12,17-28,33-34,41H,2-4,7-10,13-16,29-32H2,1H3. The topological polar surface area (TPSA) is 149 Å². The van der Waals surface area contributed by atoms with Crippen LogP contribution in [0.1, 0.15) is 102 Å². The van der Waals surface area contributed by atoms with E-state index >= 15 is 0 Å². The van der Waals surface area contributed by atoms with E-state index in [9.17, 15) is 19.2 Å². The van der Waals surface area contributed by atoms with Crippen molar-refractivity contribution in [1.82, 2.24) is 4.98 Å². The van der Waals surface area contributed by atoms with Crippen molar-refractivity contribution in [3.05, 3.63) is 138 Å². The zero-order valence-electron chi connectivity index (χ0n) is 35.0. The van der Waals surface area contributed by atoms with Crippen LogP contribution < -0.4 is 18.9 Å². The van der Waals surface area contributed by atoms with E-state index in [0.29, 0.717) is 61.0 Å². The molecular weight excluding hydrogens is 809 g/mol. The van der Waals surface area contributed by atoms with Crippen LogP contribution in [0.25, 0.3) is 10.2 Å². The second-order valence-electron chi connectivity index (χ2n) is 14.0. The molecule has 13 heteroatoms. The van der Waals surface area contributed by atoms with Gasteiger partial charge in [0.25, 0.3) is 0 Å². The first-order chi connectivity index (χ1) is 30.3. The fourth-order valence-corrected chi connectivity index (χ4v) is 7.09. The molecular formula is C49H52N2O10S. The van der Waals surface area contributed by atoms with Crippen LogP contribution in [0.2, 0.25) is 0 Å². The number of para-hydroxylation sites is 1. The highest BCUT2D eigenvalue weighted by Crippen LogP contribution is 2.31. The van der Waals surface area contributed by atoms with Gasteiger partial charge in [0, 0.05) is 23.9 Å². The fraction of sp³-hybridized carbons (Fsp3) is 0.306. The monoisotopic (exact) mass is 860 g/mol. The Hall–Kier alpha value is -6.60. The van der Waals surface area contributed by atoms with E-state index in [1.54, 1.807) is 84.3 Å². The summed E-state index contributed by atoms with van der Waals surface area (Å²) in [6.07, 6.45) is 11.5. The summed E-state index contributed by atoms with van der Waals surface area (Å²) in [5.74, 6) is -0.268. The van der Waals surface area contributed by atoms with Crippen molar-refractivity contribution in [2.24, 2.45) is 4.99 Å². The molecule has 1 unspecified atom stereocenters. The minimum absolute atomic E-state index is 0.231. The molecule has 4 aromatic carbocycles. The van der Waals surface area contributed by atoms with Crippen molar-refractivity contribution in [3.8, 4) is 23.0 Å². The van der Waals surface area contributed by atoms with E-state index in [4.69, 9.17) is 38.4 Å². The molecule has 0 fully saturated rings. The van der Waals surface area contributed by atoms with Gasteiger partial charge in [0.05, 0.1) is 47.8 Å². The minimum Gasteiger partial charge on any atom is -0.494 e. The lowest BCUT2D eigenvalue weighted by Crippen LogP contribution is -2.11. The van der Waals surface area contributed by atoms with Gasteiger partial charge in [0.1, 0.15) is 34.0 Å². The summed E-state index contributed by atoms with van der Waals surface area (Å²) in [4.78, 5) is 58.6. The predicted molar refractivity (Wildman–Crippen MR) is 240 cm³/mol. The number of aromatic nitrogens is 1. The van der Waals surface area contributed by atoms with E-state index in [0.717, 1.165) is 78.7 Å². The van der Waals surface area contributed by atoms with Crippen LogP contribution in [0.3, 0.4) is 0 Å². The van der Waals surface area contributed by atoms with Gasteiger partial charge in [0.2, 0.25) is 0 Å². The molecule has 1 atom stereocenters. The first kappa shape index (κ1) is 46.5. The molecule has 0 aliphatic carbocycles. The van der Waals surface area contributed by atoms with E-state index in [2.05, 4.69) is 13.2 Å². The zero-order valence-corrected chi connectivity index (χ0v) is 35.8. The minimum atomic E-state index is -0.583. The molecule has 0 amide bonds. The van der Waals surface area contributed by atoms with Gasteiger partial charge in [-0.1, -0.05) is 32.2 Å². The van der Waals surface area contributed by atoms with Crippen molar-refractivity contribution in [2.45, 2.75) is 70.8 Å². The van der Waals surface area contributed by atoms with Crippen LogP contribution in [0, 0.1) is 0 Å². The van der Waals surface area contributed by atoms with Crippen molar-refractivity contribution < 1.29 is 47.6 Å². The van der Waals surface area contributed by atoms with Gasteiger partial charge in [-0.3, -0.25) is 4.99 Å². The molecule has 0 radical (unpaired) electrons. The Morgan fingerprint density at radius 3 is 1.69 bits per heavy atom. The number of carbonyl (C=O) groups is 4. The van der Waals surface area contributed by atoms with E-state index < -0.39 is 23.9 Å². The third kappa shape index (κ3) is 15.1. The lowest BCUT2D eigenvalue weighted by Gasteiger charge is -2.12. The second kappa shape index (κ2) is 25.2. The molecule has 1 aromatic heterocycles. The SMILES string of the molecule is C=CC(=O)OCCCCCCOc1ccc(C(=O)Oc2ccc(OC(=O)c3ccc(OCCCCCCOC(=O)C=C)cc3)c(C=NC(CC)c3nc4ccccc4s3)c2)cc1. The highest BCUT2D eigenvalue weighted by molar-refractivity contribution is 7.18. The highest BCUT2D eigenvalue weighted by Gasteiger charge is 2.17. The van der Waals surface area contributed by atoms with Gasteiger partial charge in [0.15, 0.2) is 0 Å². The molecule has 324 valence electrons. The summed E-state index contributed by atoms with van der Waals surface area (Å²) in [7, 11) is 0. The molecule has 0 aliphatic heterocycles. The molecule has 5 rings (SSSR count). The number of esters is 4. The maximum Gasteiger partial charge on any atom is 0.343 e. The Balaban J connectivity index is 1.19. The molecule has 0 aliphatic rings. The van der Waals surface area contributed by atoms with Crippen LogP contribution in [-0.2, 0) is 19.1 Å². The molecule has 0 saturated carbocycles. The number of ether oxygens (including phenoxy) is 6. The van der Waals surface area contributed by atoms with Gasteiger partial charge in [-0.25, -0.2) is 24.2 Å². The average Bonchev–Trinajstić information content (AvgIpc) is 3.73. The molecule has 0 N–H and O–H groups in total. The molecule has 12 nitrogen and oxygen atoms in total. The molecule has 5 aromatic rings. The Morgan fingerprint density at radius 2 is 1.16 bits per heavy atom. The van der Waals surface area contributed by atoms with Crippen LogP contribution >= 0.6 is 11.3 Å². The van der Waals surface area contributed by atoms with Gasteiger partial charge in [-0.2, -0.15) is 0 Å². The molecule has 62 heavy (non-hydrogen) atoms. The van der Waals surface area contributed by atoms with E-state index in [-0.39, 0.29) is 17.5 Å². The number of unbranched alkanes of at least 4 members (excludes halogenated alkanes) is 6. The maximum atomic E-state index is 13.4. The molecule has 0 saturated heterocycles. The van der Waals surface area contributed by atoms with Crippen LogP contribution in [-0.4, -0.2) is 61.5 Å². The van der Waals surface area contributed by atoms with Crippen molar-refractivity contribution in [1.29, 1.82) is 0 Å². The van der Waals surface area contributed by atoms with Gasteiger partial charge in [-0.15, -0.1) is 11.3 Å². The Kier molecular flexibility index (Phi) is 18.9. The lowest BCUT2D eigenvalue weighted by atomic mass is 10.1. The smallest absolute Gasteiger partial charge is 0.343 e. The third-order valence-electron chi connectivity index (χ3n) is 9.39. The summed E-state index contributed by atoms with van der Waals surface area (Å²) < 4.78 is 34.4. The number of thiazole rings is 1. The number of fused-ring (bicyclic) bond motifs is 1. The number of aliphatic imine (C=N–C) groups is 1. The summed E-state index contributed by atoms with van der Waals surface area (Å²) in [5.41, 5.74) is 1.99. The predicted octanol–water partition coefficient (Wildman–Crippen LogP) is 10.6. The number of hydrogen-bond donors (Lipinski definition) is 0. The van der Waals surface area contributed by atoms with Crippen LogP contribution in [0.5, 0.6) is 23.0 Å². The van der Waals surface area contributed by atoms with E-state index in [1.165, 1.54) is 0 Å². The number of nitrogens with zero attached hydrogens (tertiary/aromatic N) is 2. The third-order valence-corrected chi connectivity index (χ3v) is 10.5. The van der Waals surface area contributed by atoms with Gasteiger partial charge >= 0.3 is 23.9 Å². The van der Waals surface area contributed by atoms with Crippen molar-refractivity contribution >= 4 is 51.6 Å². The first-order valence-electron chi connectivity index (χ1n) is 20.8. The van der Waals surface area contributed by atoms with Crippen LogP contribution in [0.15, 0.2) is 121 Å². The van der Waals surface area contributed by atoms with Crippen molar-refractivity contribution in [2.75, 3.05) is 26.4 Å². The van der Waals surface area contributed by atoms with Crippen molar-refractivity contribution in [3.63, 3.8) is 0 Å². The first-order valence-corrected chi connectivity index (χ1v) is 21.6. The Morgan fingerprint density at radius 1 is 0.645 bits per heavy atom. The zero-order chi connectivity index (χ0) is 43.9. The number of benzene rings is 4. The second-order valence-corrected chi connectivity index (χ2v) is 15.1. The number of hydrogen-bond acceptors (Lipinski definition) is 13. The lowest BCUT2D eigenvalue weighted by molar-refractivity contribution is -0.138. The van der Waals surface area contributed by atoms with Gasteiger partial charge < -0.3 is 28.4 Å². The fourth-order valence-electron chi connectivity index (χ4n) is 5.99. The number of rotatable bonds is 26. The quantitative estimate of drug-likeness (QED) is 0.0172. The largest absolute Gasteiger partial charge is 0.494 e. The summed E-state index contributed by atoms with van der Waals surface area (Å²) >= 11 is 1.58. The summed E-state index contributed by atoms with van der Waals surface area (Å²) in [6, 6.07) is 25.8. The highest BCUT2D eigenvalue weighted by atomic mass is 32.1. The number of carbonyl (C=O) groups excluding carboxylic acids is 4. The van der Waals surface area contributed by atoms with Crippen LogP contribution in [0.4, 0.5) is 0 Å². The summed E-state index contributed by atoms with van der Waals surface area (Å²) in [6.45, 7) is 10.6. The Labute approximate surface area is 366 Å². The normalized spacial score (nSPS) is 11.4. The maximum absolute atomic E-state index is 13.4. The average molecular weight is 861 g/mol. The molecule has 0 bridgehead atoms.